The van der Waals surface area contributed by atoms with Gasteiger partial charge in [0, 0.05) is 17.7 Å². The van der Waals surface area contributed by atoms with Crippen molar-refractivity contribution in [2.24, 2.45) is 0 Å². The molecule has 1 aliphatic carbocycles. The number of nitrogens with zero attached hydrogens (tertiary/aromatic N) is 1. The second-order valence-electron chi connectivity index (χ2n) is 10.6. The number of urea groups is 1. The van der Waals surface area contributed by atoms with E-state index in [2.05, 4.69) is 10.1 Å². The molecule has 12 heteroatoms. The number of fused-ring (bicyclic) bond motifs is 1. The third-order valence-electron chi connectivity index (χ3n) is 7.93. The van der Waals surface area contributed by atoms with E-state index in [9.17, 15) is 35.9 Å². The topological polar surface area (TPSA) is 67.9 Å². The summed E-state index contributed by atoms with van der Waals surface area (Å²) in [5, 5.41) is 2.82. The normalized spacial score (nSPS) is 20.2. The van der Waals surface area contributed by atoms with Crippen molar-refractivity contribution in [1.82, 2.24) is 10.2 Å². The molecule has 1 spiro atoms. The molecule has 2 fully saturated rings. The van der Waals surface area contributed by atoms with Crippen LogP contribution in [0.5, 0.6) is 5.75 Å². The van der Waals surface area contributed by atoms with Crippen LogP contribution in [0.2, 0.25) is 0 Å². The van der Waals surface area contributed by atoms with E-state index in [-0.39, 0.29) is 43.0 Å². The first-order valence-electron chi connectivity index (χ1n) is 13.6. The van der Waals surface area contributed by atoms with Crippen molar-refractivity contribution in [3.63, 3.8) is 0 Å². The highest BCUT2D eigenvalue weighted by Gasteiger charge is 2.76. The van der Waals surface area contributed by atoms with Crippen LogP contribution < -0.4 is 10.1 Å². The molecule has 0 bridgehead atoms. The second-order valence-corrected chi connectivity index (χ2v) is 10.6. The number of hydrogen-bond donors (Lipinski definition) is 1. The molecule has 2 heterocycles. The van der Waals surface area contributed by atoms with Gasteiger partial charge in [-0.15, -0.1) is 0 Å². The van der Waals surface area contributed by atoms with Crippen molar-refractivity contribution in [2.75, 3.05) is 13.2 Å². The number of aryl methyl sites for hydroxylation is 1. The smallest absolute Gasteiger partial charge is 0.430 e. The van der Waals surface area contributed by atoms with Crippen LogP contribution in [0.4, 0.5) is 31.1 Å². The van der Waals surface area contributed by atoms with Gasteiger partial charge in [0.15, 0.2) is 0 Å². The lowest BCUT2D eigenvalue weighted by Crippen LogP contribution is -2.53. The number of hydrogen-bond acceptors (Lipinski definition) is 4. The van der Waals surface area contributed by atoms with Crippen LogP contribution in [0.25, 0.3) is 0 Å². The fourth-order valence-electron chi connectivity index (χ4n) is 6.08. The lowest BCUT2D eigenvalue weighted by atomic mass is 9.84. The summed E-state index contributed by atoms with van der Waals surface area (Å²) < 4.78 is 94.4. The number of unbranched alkanes of at least 4 members (excludes halogenated alkanes) is 1. The van der Waals surface area contributed by atoms with Gasteiger partial charge in [0.1, 0.15) is 11.3 Å². The molecule has 1 aromatic carbocycles. The van der Waals surface area contributed by atoms with Crippen molar-refractivity contribution in [3.05, 3.63) is 28.3 Å². The Hall–Kier alpha value is -2.50. The first kappa shape index (κ1) is 29.5. The van der Waals surface area contributed by atoms with Crippen molar-refractivity contribution < 1.29 is 45.4 Å². The number of halogens is 6. The molecule has 6 nitrogen and oxygen atoms in total. The van der Waals surface area contributed by atoms with Crippen LogP contribution in [-0.4, -0.2) is 47.9 Å². The number of alkyl halides is 6. The van der Waals surface area contributed by atoms with E-state index >= 15 is 0 Å². The van der Waals surface area contributed by atoms with Crippen LogP contribution in [0.3, 0.4) is 0 Å². The highest BCUT2D eigenvalue weighted by atomic mass is 19.4. The van der Waals surface area contributed by atoms with E-state index in [1.54, 1.807) is 13.8 Å². The van der Waals surface area contributed by atoms with Crippen molar-refractivity contribution in [1.29, 1.82) is 0 Å². The van der Waals surface area contributed by atoms with Gasteiger partial charge in [0.05, 0.1) is 13.2 Å². The standard InChI is InChI=1S/C27H34F6N2O4/c1-3-9-17-15-20-19(16-39-25(20,26(28,29)30)27(31,32)33)18(10-4-2)21(17)38-14-8-7-13-35-22(36)24(34-23(35)37)11-5-6-12-24/h15H,3-14,16H2,1-2H3,(H,34,37). The van der Waals surface area contributed by atoms with Gasteiger partial charge in [-0.1, -0.05) is 39.5 Å². The average molecular weight is 565 g/mol. The number of imide groups is 1. The number of ether oxygens (including phenoxy) is 2. The Bertz CT molecular complexity index is 1080. The third kappa shape index (κ3) is 4.97. The monoisotopic (exact) mass is 564 g/mol. The molecule has 1 saturated heterocycles. The molecule has 0 atom stereocenters. The minimum absolute atomic E-state index is 0.123. The minimum atomic E-state index is -5.69. The average Bonchev–Trinajstić information content (AvgIpc) is 3.53. The van der Waals surface area contributed by atoms with Gasteiger partial charge in [0.25, 0.3) is 11.5 Å². The fraction of sp³-hybridized carbons (Fsp3) is 0.704. The van der Waals surface area contributed by atoms with Crippen LogP contribution in [0.1, 0.15) is 87.5 Å². The Balaban J connectivity index is 1.53. The highest BCUT2D eigenvalue weighted by Crippen LogP contribution is 2.58. The molecule has 0 radical (unpaired) electrons. The molecule has 1 N–H and O–H groups in total. The van der Waals surface area contributed by atoms with E-state index in [4.69, 9.17) is 4.74 Å². The minimum Gasteiger partial charge on any atom is -0.493 e. The maximum Gasteiger partial charge on any atom is 0.430 e. The maximum atomic E-state index is 14.0. The number of carbonyl (C=O) groups is 2. The van der Waals surface area contributed by atoms with Crippen LogP contribution in [0.15, 0.2) is 6.07 Å². The molecule has 1 aromatic rings. The second kappa shape index (κ2) is 10.8. The van der Waals surface area contributed by atoms with Gasteiger partial charge in [-0.25, -0.2) is 4.79 Å². The van der Waals surface area contributed by atoms with E-state index in [0.717, 1.165) is 18.9 Å². The summed E-state index contributed by atoms with van der Waals surface area (Å²) in [6.45, 7) is 3.08. The Morgan fingerprint density at radius 1 is 1.00 bits per heavy atom. The van der Waals surface area contributed by atoms with Crippen LogP contribution in [-0.2, 0) is 34.6 Å². The molecule has 2 aliphatic heterocycles. The lowest BCUT2D eigenvalue weighted by Gasteiger charge is -2.34. The number of rotatable bonds is 10. The van der Waals surface area contributed by atoms with Crippen LogP contribution >= 0.6 is 0 Å². The van der Waals surface area contributed by atoms with Gasteiger partial charge in [-0.05, 0) is 55.7 Å². The van der Waals surface area contributed by atoms with Gasteiger partial charge < -0.3 is 14.8 Å². The highest BCUT2D eigenvalue weighted by molar-refractivity contribution is 6.07. The Morgan fingerprint density at radius 3 is 2.23 bits per heavy atom. The quantitative estimate of drug-likeness (QED) is 0.201. The molecule has 0 unspecified atom stereocenters. The van der Waals surface area contributed by atoms with Gasteiger partial charge in [-0.3, -0.25) is 9.69 Å². The largest absolute Gasteiger partial charge is 0.493 e. The summed E-state index contributed by atoms with van der Waals surface area (Å²) in [5.41, 5.74) is -5.60. The van der Waals surface area contributed by atoms with Crippen LogP contribution in [0, 0.1) is 0 Å². The summed E-state index contributed by atoms with van der Waals surface area (Å²) in [5.74, 6) is 0.0962. The molecule has 1 saturated carbocycles. The van der Waals surface area contributed by atoms with E-state index in [0.29, 0.717) is 49.8 Å². The van der Waals surface area contributed by atoms with Gasteiger partial charge >= 0.3 is 18.4 Å². The first-order chi connectivity index (χ1) is 18.3. The van der Waals surface area contributed by atoms with Gasteiger partial charge in [0.2, 0.25) is 0 Å². The molecule has 3 aliphatic rings. The van der Waals surface area contributed by atoms with Gasteiger partial charge in [-0.2, -0.15) is 26.3 Å². The Morgan fingerprint density at radius 2 is 1.64 bits per heavy atom. The zero-order valence-electron chi connectivity index (χ0n) is 22.1. The summed E-state index contributed by atoms with van der Waals surface area (Å²) in [4.78, 5) is 26.4. The molecule has 218 valence electrons. The predicted molar refractivity (Wildman–Crippen MR) is 129 cm³/mol. The Labute approximate surface area is 223 Å². The van der Waals surface area contributed by atoms with E-state index in [1.807, 2.05) is 0 Å². The predicted octanol–water partition coefficient (Wildman–Crippen LogP) is 6.47. The van der Waals surface area contributed by atoms with E-state index < -0.39 is 41.7 Å². The van der Waals surface area contributed by atoms with Crippen molar-refractivity contribution in [2.45, 2.75) is 108 Å². The maximum absolute atomic E-state index is 14.0. The van der Waals surface area contributed by atoms with Crippen molar-refractivity contribution >= 4 is 11.9 Å². The zero-order chi connectivity index (χ0) is 28.6. The number of nitrogens with one attached hydrogen (secondary N) is 1. The van der Waals surface area contributed by atoms with Crippen molar-refractivity contribution in [3.8, 4) is 5.75 Å². The molecular formula is C27H34F6N2O4. The lowest BCUT2D eigenvalue weighted by molar-refractivity contribution is -0.385. The molecule has 3 amide bonds. The molecular weight excluding hydrogens is 530 g/mol. The fourth-order valence-corrected chi connectivity index (χ4v) is 6.08. The summed E-state index contributed by atoms with van der Waals surface area (Å²) >= 11 is 0. The Kier molecular flexibility index (Phi) is 8.18. The SMILES string of the molecule is CCCc1cc2c(c(CCC)c1OCCCCN1C(=O)NC3(CCCC3)C1=O)COC2(C(F)(F)F)C(F)(F)F. The molecule has 39 heavy (non-hydrogen) atoms. The number of carbonyl (C=O) groups excluding carboxylic acids is 2. The number of benzene rings is 1. The zero-order valence-corrected chi connectivity index (χ0v) is 22.1. The first-order valence-corrected chi connectivity index (χ1v) is 13.6. The summed E-state index contributed by atoms with van der Waals surface area (Å²) in [6, 6.07) is 0.546. The summed E-state index contributed by atoms with van der Waals surface area (Å²) in [7, 11) is 0. The summed E-state index contributed by atoms with van der Waals surface area (Å²) in [6.07, 6.45) is -6.05. The molecule has 0 aromatic heterocycles. The number of amides is 3. The molecule has 4 rings (SSSR count). The van der Waals surface area contributed by atoms with E-state index in [1.165, 1.54) is 4.90 Å². The third-order valence-corrected chi connectivity index (χ3v) is 7.93.